The molecule has 1 aliphatic rings. The lowest BCUT2D eigenvalue weighted by atomic mass is 9.96. The molecule has 0 amide bonds. The lowest BCUT2D eigenvalue weighted by Gasteiger charge is -2.32. The van der Waals surface area contributed by atoms with Crippen molar-refractivity contribution in [3.8, 4) is 11.1 Å². The third-order valence-electron chi connectivity index (χ3n) is 5.62. The highest BCUT2D eigenvalue weighted by molar-refractivity contribution is 7.17. The standard InChI is InChI=1S/C22H24ClN3O2S/c1-4-28-21(27)15-7-9-26(10-8-15)19-18-17(12-29-20(18)25-22(23)24-19)16-6-5-13(2)14(3)11-16/h5-6,11-12,15H,4,7-10H2,1-3H3. The number of thiophene rings is 1. The number of nitrogens with zero attached hydrogens (tertiary/aromatic N) is 3. The Morgan fingerprint density at radius 3 is 2.69 bits per heavy atom. The second-order valence-electron chi connectivity index (χ2n) is 7.46. The maximum absolute atomic E-state index is 12.1. The Kier molecular flexibility index (Phi) is 5.74. The zero-order valence-electron chi connectivity index (χ0n) is 16.9. The molecule has 0 radical (unpaired) electrons. The number of hydrogen-bond acceptors (Lipinski definition) is 6. The van der Waals surface area contributed by atoms with Gasteiger partial charge in [0.2, 0.25) is 5.28 Å². The number of anilines is 1. The number of carbonyl (C=O) groups is 1. The number of esters is 1. The normalized spacial score (nSPS) is 15.1. The van der Waals surface area contributed by atoms with Gasteiger partial charge in [-0.1, -0.05) is 18.2 Å². The van der Waals surface area contributed by atoms with E-state index in [0.717, 1.165) is 53.1 Å². The molecule has 4 rings (SSSR count). The van der Waals surface area contributed by atoms with Crippen molar-refractivity contribution in [3.63, 3.8) is 0 Å². The van der Waals surface area contributed by atoms with Crippen molar-refractivity contribution in [2.24, 2.45) is 5.92 Å². The van der Waals surface area contributed by atoms with Crippen LogP contribution in [0.3, 0.4) is 0 Å². The van der Waals surface area contributed by atoms with Gasteiger partial charge in [-0.05, 0) is 61.9 Å². The number of rotatable bonds is 4. The number of benzene rings is 1. The predicted octanol–water partition coefficient (Wildman–Crippen LogP) is 5.41. The molecule has 29 heavy (non-hydrogen) atoms. The Balaban J connectivity index is 1.70. The van der Waals surface area contributed by atoms with E-state index in [-0.39, 0.29) is 17.2 Å². The number of fused-ring (bicyclic) bond motifs is 1. The lowest BCUT2D eigenvalue weighted by Crippen LogP contribution is -2.37. The quantitative estimate of drug-likeness (QED) is 0.410. The van der Waals surface area contributed by atoms with Crippen LogP contribution in [0.1, 0.15) is 30.9 Å². The zero-order valence-corrected chi connectivity index (χ0v) is 18.4. The number of halogens is 1. The first-order valence-electron chi connectivity index (χ1n) is 9.92. The van der Waals surface area contributed by atoms with E-state index in [2.05, 4.69) is 52.3 Å². The van der Waals surface area contributed by atoms with E-state index < -0.39 is 0 Å². The summed E-state index contributed by atoms with van der Waals surface area (Å²) in [6.07, 6.45) is 1.51. The van der Waals surface area contributed by atoms with Crippen LogP contribution in [-0.2, 0) is 9.53 Å². The highest BCUT2D eigenvalue weighted by atomic mass is 35.5. The molecule has 3 heterocycles. The highest BCUT2D eigenvalue weighted by Crippen LogP contribution is 2.40. The SMILES string of the molecule is CCOC(=O)C1CCN(c2nc(Cl)nc3scc(-c4ccc(C)c(C)c4)c23)CC1. The Morgan fingerprint density at radius 2 is 2.00 bits per heavy atom. The number of ether oxygens (including phenoxy) is 1. The van der Waals surface area contributed by atoms with E-state index >= 15 is 0 Å². The molecule has 1 saturated heterocycles. The van der Waals surface area contributed by atoms with Crippen molar-refractivity contribution in [1.29, 1.82) is 0 Å². The summed E-state index contributed by atoms with van der Waals surface area (Å²) in [5.74, 6) is 0.724. The zero-order chi connectivity index (χ0) is 20.5. The molecule has 0 unspecified atom stereocenters. The maximum atomic E-state index is 12.1. The average molecular weight is 430 g/mol. The number of carbonyl (C=O) groups excluding carboxylic acids is 1. The van der Waals surface area contributed by atoms with Crippen LogP contribution in [0.4, 0.5) is 5.82 Å². The fourth-order valence-electron chi connectivity index (χ4n) is 3.84. The third-order valence-corrected chi connectivity index (χ3v) is 6.66. The molecule has 5 nitrogen and oxygen atoms in total. The van der Waals surface area contributed by atoms with Crippen molar-refractivity contribution in [2.45, 2.75) is 33.6 Å². The van der Waals surface area contributed by atoms with Crippen LogP contribution >= 0.6 is 22.9 Å². The average Bonchev–Trinajstić information content (AvgIpc) is 3.13. The molecule has 1 aromatic carbocycles. The number of aromatic nitrogens is 2. The van der Waals surface area contributed by atoms with Gasteiger partial charge in [-0.15, -0.1) is 11.3 Å². The third kappa shape index (κ3) is 3.96. The van der Waals surface area contributed by atoms with E-state index in [9.17, 15) is 4.79 Å². The van der Waals surface area contributed by atoms with Gasteiger partial charge in [0.25, 0.3) is 0 Å². The Hall–Kier alpha value is -2.18. The second-order valence-corrected chi connectivity index (χ2v) is 8.65. The predicted molar refractivity (Wildman–Crippen MR) is 119 cm³/mol. The molecule has 1 fully saturated rings. The molecular weight excluding hydrogens is 406 g/mol. The van der Waals surface area contributed by atoms with Crippen LogP contribution in [0, 0.1) is 19.8 Å². The van der Waals surface area contributed by atoms with Crippen LogP contribution in [-0.4, -0.2) is 35.6 Å². The van der Waals surface area contributed by atoms with Crippen molar-refractivity contribution in [3.05, 3.63) is 40.0 Å². The summed E-state index contributed by atoms with van der Waals surface area (Å²) in [5, 5.41) is 3.43. The smallest absolute Gasteiger partial charge is 0.309 e. The molecule has 0 saturated carbocycles. The minimum atomic E-state index is -0.0932. The number of aryl methyl sites for hydroxylation is 2. The summed E-state index contributed by atoms with van der Waals surface area (Å²) >= 11 is 7.84. The molecule has 1 aliphatic heterocycles. The Labute approximate surface area is 179 Å². The molecule has 7 heteroatoms. The van der Waals surface area contributed by atoms with Crippen molar-refractivity contribution >= 4 is 44.9 Å². The molecule has 0 bridgehead atoms. The van der Waals surface area contributed by atoms with E-state index in [1.54, 1.807) is 11.3 Å². The molecule has 3 aromatic rings. The van der Waals surface area contributed by atoms with E-state index in [4.69, 9.17) is 16.3 Å². The molecule has 0 N–H and O–H groups in total. The van der Waals surface area contributed by atoms with Gasteiger partial charge in [0.05, 0.1) is 17.9 Å². The van der Waals surface area contributed by atoms with Gasteiger partial charge in [-0.3, -0.25) is 4.79 Å². The van der Waals surface area contributed by atoms with Crippen LogP contribution < -0.4 is 4.90 Å². The molecule has 2 aromatic heterocycles. The van der Waals surface area contributed by atoms with E-state index in [0.29, 0.717) is 6.61 Å². The fourth-order valence-corrected chi connectivity index (χ4v) is 4.99. The lowest BCUT2D eigenvalue weighted by molar-refractivity contribution is -0.148. The maximum Gasteiger partial charge on any atom is 0.309 e. The van der Waals surface area contributed by atoms with Gasteiger partial charge in [0, 0.05) is 24.0 Å². The number of piperidine rings is 1. The van der Waals surface area contributed by atoms with Crippen LogP contribution in [0.25, 0.3) is 21.3 Å². The molecular formula is C22H24ClN3O2S. The first-order valence-corrected chi connectivity index (χ1v) is 11.2. The first kappa shape index (κ1) is 20.1. The number of hydrogen-bond donors (Lipinski definition) is 0. The van der Waals surface area contributed by atoms with Gasteiger partial charge in [-0.2, -0.15) is 4.98 Å². The second kappa shape index (κ2) is 8.28. The van der Waals surface area contributed by atoms with E-state index in [1.807, 2.05) is 6.92 Å². The van der Waals surface area contributed by atoms with Crippen molar-refractivity contribution < 1.29 is 9.53 Å². The fraction of sp³-hybridized carbons (Fsp3) is 0.409. The summed E-state index contributed by atoms with van der Waals surface area (Å²) in [4.78, 5) is 24.3. The summed E-state index contributed by atoms with van der Waals surface area (Å²) in [6.45, 7) is 8.00. The monoisotopic (exact) mass is 429 g/mol. The minimum absolute atomic E-state index is 0.0410. The minimum Gasteiger partial charge on any atom is -0.466 e. The van der Waals surface area contributed by atoms with Gasteiger partial charge in [0.15, 0.2) is 0 Å². The summed E-state index contributed by atoms with van der Waals surface area (Å²) < 4.78 is 5.19. The van der Waals surface area contributed by atoms with Crippen LogP contribution in [0.2, 0.25) is 5.28 Å². The van der Waals surface area contributed by atoms with Crippen molar-refractivity contribution in [2.75, 3.05) is 24.6 Å². The molecule has 0 spiro atoms. The highest BCUT2D eigenvalue weighted by Gasteiger charge is 2.28. The molecule has 0 aliphatic carbocycles. The van der Waals surface area contributed by atoms with Gasteiger partial charge < -0.3 is 9.64 Å². The van der Waals surface area contributed by atoms with E-state index in [1.165, 1.54) is 11.1 Å². The van der Waals surface area contributed by atoms with Crippen LogP contribution in [0.5, 0.6) is 0 Å². The Morgan fingerprint density at radius 1 is 1.24 bits per heavy atom. The molecule has 0 atom stereocenters. The van der Waals surface area contributed by atoms with Gasteiger partial charge in [0.1, 0.15) is 10.6 Å². The molecule has 152 valence electrons. The summed E-state index contributed by atoms with van der Waals surface area (Å²) in [7, 11) is 0. The van der Waals surface area contributed by atoms with Gasteiger partial charge >= 0.3 is 5.97 Å². The summed E-state index contributed by atoms with van der Waals surface area (Å²) in [5.41, 5.74) is 4.82. The summed E-state index contributed by atoms with van der Waals surface area (Å²) in [6, 6.07) is 6.51. The topological polar surface area (TPSA) is 55.3 Å². The van der Waals surface area contributed by atoms with Crippen molar-refractivity contribution in [1.82, 2.24) is 9.97 Å². The largest absolute Gasteiger partial charge is 0.466 e. The Bertz CT molecular complexity index is 1060. The first-order chi connectivity index (χ1) is 14.0. The van der Waals surface area contributed by atoms with Crippen LogP contribution in [0.15, 0.2) is 23.6 Å². The van der Waals surface area contributed by atoms with Gasteiger partial charge in [-0.25, -0.2) is 4.98 Å².